The van der Waals surface area contributed by atoms with E-state index in [1.165, 1.54) is 6.42 Å². The monoisotopic (exact) mass is 270 g/mol. The first-order chi connectivity index (χ1) is 8.87. The van der Waals surface area contributed by atoms with Crippen molar-refractivity contribution in [3.8, 4) is 0 Å². The normalized spacial score (nSPS) is 19.2. The Bertz CT molecular complexity index is 284. The average molecular weight is 270 g/mol. The molecule has 1 aliphatic carbocycles. The Hall–Kier alpha value is -0.610. The van der Waals surface area contributed by atoms with Crippen LogP contribution in [0.1, 0.15) is 58.8 Å². The lowest BCUT2D eigenvalue weighted by atomic mass is 9.80. The van der Waals surface area contributed by atoms with Gasteiger partial charge in [0.25, 0.3) is 0 Å². The lowest BCUT2D eigenvalue weighted by Gasteiger charge is -2.33. The smallest absolute Gasteiger partial charge is 0.221 e. The van der Waals surface area contributed by atoms with Crippen LogP contribution in [0.4, 0.5) is 0 Å². The minimum absolute atomic E-state index is 0.0694. The lowest BCUT2D eigenvalue weighted by molar-refractivity contribution is -0.123. The van der Waals surface area contributed by atoms with Crippen molar-refractivity contribution in [2.75, 3.05) is 20.3 Å². The van der Waals surface area contributed by atoms with E-state index < -0.39 is 0 Å². The number of rotatable bonds is 7. The SMILES string of the molecule is COCCC(C)(C)CNC(=O)CC1(N)CCCCC1. The Labute approximate surface area is 117 Å². The molecule has 0 aromatic carbocycles. The van der Waals surface area contributed by atoms with Gasteiger partial charge in [-0.3, -0.25) is 4.79 Å². The maximum absolute atomic E-state index is 12.0. The number of methoxy groups -OCH3 is 1. The zero-order chi connectivity index (χ0) is 14.4. The van der Waals surface area contributed by atoms with Gasteiger partial charge in [-0.1, -0.05) is 33.1 Å². The molecule has 0 aromatic rings. The fourth-order valence-electron chi connectivity index (χ4n) is 2.62. The standard InChI is InChI=1S/C15H30N2O2/c1-14(2,9-10-19-3)12-17-13(18)11-15(16)7-5-4-6-8-15/h4-12,16H2,1-3H3,(H,17,18). The first-order valence-electron chi connectivity index (χ1n) is 7.41. The fourth-order valence-corrected chi connectivity index (χ4v) is 2.62. The molecule has 0 unspecified atom stereocenters. The van der Waals surface area contributed by atoms with E-state index in [2.05, 4.69) is 19.2 Å². The van der Waals surface area contributed by atoms with Crippen molar-refractivity contribution in [3.05, 3.63) is 0 Å². The summed E-state index contributed by atoms with van der Waals surface area (Å²) >= 11 is 0. The molecule has 0 saturated heterocycles. The maximum Gasteiger partial charge on any atom is 0.221 e. The minimum Gasteiger partial charge on any atom is -0.385 e. The molecule has 0 radical (unpaired) electrons. The molecule has 0 bridgehead atoms. The molecule has 4 nitrogen and oxygen atoms in total. The van der Waals surface area contributed by atoms with Gasteiger partial charge in [-0.2, -0.15) is 0 Å². The number of nitrogens with one attached hydrogen (secondary N) is 1. The van der Waals surface area contributed by atoms with E-state index in [9.17, 15) is 4.79 Å². The Morgan fingerprint density at radius 1 is 1.32 bits per heavy atom. The molecule has 1 saturated carbocycles. The van der Waals surface area contributed by atoms with Crippen LogP contribution < -0.4 is 11.1 Å². The number of nitrogens with two attached hydrogens (primary N) is 1. The van der Waals surface area contributed by atoms with E-state index in [4.69, 9.17) is 10.5 Å². The Morgan fingerprint density at radius 2 is 1.95 bits per heavy atom. The second-order valence-corrected chi connectivity index (χ2v) is 6.78. The molecule has 0 atom stereocenters. The molecule has 112 valence electrons. The zero-order valence-corrected chi connectivity index (χ0v) is 12.8. The van der Waals surface area contributed by atoms with Crippen LogP contribution in [0.5, 0.6) is 0 Å². The van der Waals surface area contributed by atoms with Crippen molar-refractivity contribution in [3.63, 3.8) is 0 Å². The summed E-state index contributed by atoms with van der Waals surface area (Å²) in [5.41, 5.74) is 6.10. The number of hydrogen-bond donors (Lipinski definition) is 2. The van der Waals surface area contributed by atoms with E-state index in [1.807, 2.05) is 0 Å². The summed E-state index contributed by atoms with van der Waals surface area (Å²) in [7, 11) is 1.70. The number of ether oxygens (including phenoxy) is 1. The summed E-state index contributed by atoms with van der Waals surface area (Å²) < 4.78 is 5.09. The van der Waals surface area contributed by atoms with E-state index in [0.29, 0.717) is 13.0 Å². The Morgan fingerprint density at radius 3 is 2.53 bits per heavy atom. The van der Waals surface area contributed by atoms with Crippen LogP contribution >= 0.6 is 0 Å². The fraction of sp³-hybridized carbons (Fsp3) is 0.933. The summed E-state index contributed by atoms with van der Waals surface area (Å²) in [6, 6.07) is 0. The largest absolute Gasteiger partial charge is 0.385 e. The van der Waals surface area contributed by atoms with Gasteiger partial charge in [0.15, 0.2) is 0 Å². The van der Waals surface area contributed by atoms with Crippen molar-refractivity contribution in [2.24, 2.45) is 11.1 Å². The quantitative estimate of drug-likeness (QED) is 0.745. The third-order valence-corrected chi connectivity index (χ3v) is 4.11. The molecule has 0 heterocycles. The number of hydrogen-bond acceptors (Lipinski definition) is 3. The Kier molecular flexibility index (Phi) is 6.27. The summed E-state index contributed by atoms with van der Waals surface area (Å²) in [5, 5.41) is 3.03. The highest BCUT2D eigenvalue weighted by Crippen LogP contribution is 2.28. The van der Waals surface area contributed by atoms with Gasteiger partial charge in [-0.15, -0.1) is 0 Å². The van der Waals surface area contributed by atoms with Crippen molar-refractivity contribution in [1.82, 2.24) is 5.32 Å². The molecule has 4 heteroatoms. The average Bonchev–Trinajstić information content (AvgIpc) is 2.35. The molecule has 1 amide bonds. The van der Waals surface area contributed by atoms with Crippen LogP contribution in [0.2, 0.25) is 0 Å². The van der Waals surface area contributed by atoms with Gasteiger partial charge >= 0.3 is 0 Å². The third kappa shape index (κ3) is 6.39. The first-order valence-corrected chi connectivity index (χ1v) is 7.41. The zero-order valence-electron chi connectivity index (χ0n) is 12.8. The van der Waals surface area contributed by atoms with Gasteiger partial charge in [-0.25, -0.2) is 0 Å². The van der Waals surface area contributed by atoms with Crippen LogP contribution in [0.15, 0.2) is 0 Å². The lowest BCUT2D eigenvalue weighted by Crippen LogP contribution is -2.47. The maximum atomic E-state index is 12.0. The molecule has 1 rings (SSSR count). The second-order valence-electron chi connectivity index (χ2n) is 6.78. The van der Waals surface area contributed by atoms with Crippen molar-refractivity contribution in [2.45, 2.75) is 64.3 Å². The summed E-state index contributed by atoms with van der Waals surface area (Å²) in [5.74, 6) is 0.0925. The van der Waals surface area contributed by atoms with Crippen LogP contribution in [-0.4, -0.2) is 31.7 Å². The van der Waals surface area contributed by atoms with Crippen molar-refractivity contribution < 1.29 is 9.53 Å². The summed E-state index contributed by atoms with van der Waals surface area (Å²) in [4.78, 5) is 12.0. The highest BCUT2D eigenvalue weighted by Gasteiger charge is 2.30. The predicted octanol–water partition coefficient (Wildman–Crippen LogP) is 2.22. The van der Waals surface area contributed by atoms with E-state index in [0.717, 1.165) is 38.7 Å². The Balaban J connectivity index is 2.30. The topological polar surface area (TPSA) is 64.3 Å². The van der Waals surface area contributed by atoms with Crippen LogP contribution in [0, 0.1) is 5.41 Å². The number of carbonyl (C=O) groups is 1. The minimum atomic E-state index is -0.265. The molecule has 1 fully saturated rings. The van der Waals surface area contributed by atoms with Gasteiger partial charge < -0.3 is 15.8 Å². The highest BCUT2D eigenvalue weighted by molar-refractivity contribution is 5.77. The molecule has 3 N–H and O–H groups in total. The predicted molar refractivity (Wildman–Crippen MR) is 77.9 cm³/mol. The van der Waals surface area contributed by atoms with Crippen LogP contribution in [-0.2, 0) is 9.53 Å². The van der Waals surface area contributed by atoms with E-state index in [1.54, 1.807) is 7.11 Å². The molecule has 0 aliphatic heterocycles. The third-order valence-electron chi connectivity index (χ3n) is 4.11. The summed E-state index contributed by atoms with van der Waals surface area (Å²) in [6.07, 6.45) is 6.93. The van der Waals surface area contributed by atoms with Gasteiger partial charge in [0.2, 0.25) is 5.91 Å². The van der Waals surface area contributed by atoms with Gasteiger partial charge in [0, 0.05) is 32.2 Å². The van der Waals surface area contributed by atoms with Crippen molar-refractivity contribution in [1.29, 1.82) is 0 Å². The second kappa shape index (κ2) is 7.25. The first kappa shape index (κ1) is 16.4. The van der Waals surface area contributed by atoms with E-state index >= 15 is 0 Å². The molecular formula is C15H30N2O2. The van der Waals surface area contributed by atoms with E-state index in [-0.39, 0.29) is 16.9 Å². The molecule has 1 aliphatic rings. The van der Waals surface area contributed by atoms with Crippen molar-refractivity contribution >= 4 is 5.91 Å². The van der Waals surface area contributed by atoms with Gasteiger partial charge in [0.1, 0.15) is 0 Å². The molecule has 19 heavy (non-hydrogen) atoms. The number of amides is 1. The summed E-state index contributed by atoms with van der Waals surface area (Å²) in [6.45, 7) is 5.70. The van der Waals surface area contributed by atoms with Gasteiger partial charge in [0.05, 0.1) is 0 Å². The molecule has 0 aromatic heterocycles. The molecule has 0 spiro atoms. The highest BCUT2D eigenvalue weighted by atomic mass is 16.5. The molecular weight excluding hydrogens is 240 g/mol. The van der Waals surface area contributed by atoms with Crippen LogP contribution in [0.3, 0.4) is 0 Å². The number of carbonyl (C=O) groups excluding carboxylic acids is 1. The van der Waals surface area contributed by atoms with Gasteiger partial charge in [-0.05, 0) is 24.7 Å². The van der Waals surface area contributed by atoms with Crippen LogP contribution in [0.25, 0.3) is 0 Å².